The molecule has 1 aromatic carbocycles. The van der Waals surface area contributed by atoms with Gasteiger partial charge >= 0.3 is 5.69 Å². The van der Waals surface area contributed by atoms with E-state index in [4.69, 9.17) is 0 Å². The molecular weight excluding hydrogens is 386 g/mol. The average molecular weight is 405 g/mol. The van der Waals surface area contributed by atoms with Gasteiger partial charge in [-0.2, -0.15) is 0 Å². The first-order valence-electron chi connectivity index (χ1n) is 9.86. The molecule has 0 aliphatic heterocycles. The monoisotopic (exact) mass is 405 g/mol. The topological polar surface area (TPSA) is 126 Å². The van der Waals surface area contributed by atoms with Gasteiger partial charge in [0.25, 0.3) is 17.4 Å². The van der Waals surface area contributed by atoms with Crippen molar-refractivity contribution in [3.05, 3.63) is 68.5 Å². The van der Waals surface area contributed by atoms with Crippen molar-refractivity contribution in [3.8, 4) is 0 Å². The van der Waals surface area contributed by atoms with E-state index in [0.29, 0.717) is 11.3 Å². The Kier molecular flexibility index (Phi) is 4.23. The molecule has 3 aromatic rings. The van der Waals surface area contributed by atoms with Crippen LogP contribution < -0.4 is 21.9 Å². The van der Waals surface area contributed by atoms with E-state index in [1.54, 1.807) is 24.3 Å². The molecule has 2 fully saturated rings. The maximum Gasteiger partial charge on any atom is 0.330 e. The zero-order valence-electron chi connectivity index (χ0n) is 16.0. The number of H-pyrrole nitrogens is 1. The molecule has 0 spiro atoms. The highest BCUT2D eigenvalue weighted by atomic mass is 16.2. The summed E-state index contributed by atoms with van der Waals surface area (Å²) in [4.78, 5) is 55.5. The van der Waals surface area contributed by atoms with Gasteiger partial charge in [-0.25, -0.2) is 9.78 Å². The van der Waals surface area contributed by atoms with Crippen LogP contribution in [0.4, 0.5) is 5.69 Å². The van der Waals surface area contributed by atoms with E-state index < -0.39 is 17.2 Å². The molecule has 2 aromatic heterocycles. The largest absolute Gasteiger partial charge is 0.349 e. The lowest BCUT2D eigenvalue weighted by molar-refractivity contribution is 0.0950. The summed E-state index contributed by atoms with van der Waals surface area (Å²) in [5, 5.41) is 5.83. The number of carbonyl (C=O) groups is 2. The summed E-state index contributed by atoms with van der Waals surface area (Å²) < 4.78 is 1.48. The van der Waals surface area contributed by atoms with Gasteiger partial charge in [-0.3, -0.25) is 23.9 Å². The molecule has 0 unspecified atom stereocenters. The molecule has 2 aliphatic carbocycles. The Balaban J connectivity index is 1.37. The van der Waals surface area contributed by atoms with E-state index in [-0.39, 0.29) is 34.6 Å². The normalized spacial score (nSPS) is 15.7. The lowest BCUT2D eigenvalue weighted by atomic mass is 10.1. The minimum Gasteiger partial charge on any atom is -0.349 e. The van der Waals surface area contributed by atoms with Crippen molar-refractivity contribution in [1.82, 2.24) is 19.9 Å². The molecule has 0 atom stereocenters. The van der Waals surface area contributed by atoms with Crippen LogP contribution >= 0.6 is 0 Å². The van der Waals surface area contributed by atoms with E-state index >= 15 is 0 Å². The maximum atomic E-state index is 12.6. The third-order valence-electron chi connectivity index (χ3n) is 5.27. The van der Waals surface area contributed by atoms with E-state index in [0.717, 1.165) is 25.7 Å². The van der Waals surface area contributed by atoms with Crippen LogP contribution in [-0.2, 0) is 0 Å². The van der Waals surface area contributed by atoms with Gasteiger partial charge in [0, 0.05) is 29.5 Å². The molecule has 2 amide bonds. The van der Waals surface area contributed by atoms with Crippen LogP contribution in [0.15, 0.2) is 46.1 Å². The Bertz CT molecular complexity index is 1280. The smallest absolute Gasteiger partial charge is 0.330 e. The van der Waals surface area contributed by atoms with Crippen LogP contribution in [-0.4, -0.2) is 32.4 Å². The summed E-state index contributed by atoms with van der Waals surface area (Å²) >= 11 is 0. The van der Waals surface area contributed by atoms with Crippen molar-refractivity contribution in [1.29, 1.82) is 0 Å². The van der Waals surface area contributed by atoms with Gasteiger partial charge in [0.1, 0.15) is 5.65 Å². The molecule has 152 valence electrons. The van der Waals surface area contributed by atoms with Crippen molar-refractivity contribution in [2.75, 3.05) is 5.32 Å². The molecule has 0 saturated heterocycles. The van der Waals surface area contributed by atoms with Crippen LogP contribution in [0.2, 0.25) is 0 Å². The number of rotatable bonds is 5. The molecule has 9 heteroatoms. The van der Waals surface area contributed by atoms with Gasteiger partial charge in [0.15, 0.2) is 0 Å². The Labute approximate surface area is 170 Å². The van der Waals surface area contributed by atoms with Crippen molar-refractivity contribution in [2.24, 2.45) is 0 Å². The minimum atomic E-state index is -0.569. The van der Waals surface area contributed by atoms with Crippen molar-refractivity contribution in [2.45, 2.75) is 37.8 Å². The van der Waals surface area contributed by atoms with Crippen LogP contribution in [0.1, 0.15) is 52.4 Å². The second-order valence-electron chi connectivity index (χ2n) is 7.73. The zero-order chi connectivity index (χ0) is 20.8. The number of hydrogen-bond donors (Lipinski definition) is 3. The zero-order valence-corrected chi connectivity index (χ0v) is 16.0. The first-order valence-corrected chi connectivity index (χ1v) is 9.86. The van der Waals surface area contributed by atoms with E-state index in [1.807, 2.05) is 0 Å². The number of nitrogens with zero attached hydrogens (tertiary/aromatic N) is 2. The number of pyridine rings is 1. The quantitative estimate of drug-likeness (QED) is 0.594. The summed E-state index contributed by atoms with van der Waals surface area (Å²) in [5.74, 6) is -0.571. The number of hydrogen-bond acceptors (Lipinski definition) is 5. The lowest BCUT2D eigenvalue weighted by Gasteiger charge is -2.09. The number of amides is 2. The fourth-order valence-electron chi connectivity index (χ4n) is 3.34. The molecule has 0 radical (unpaired) electrons. The van der Waals surface area contributed by atoms with Crippen LogP contribution in [0.25, 0.3) is 11.0 Å². The molecule has 30 heavy (non-hydrogen) atoms. The predicted octanol–water partition coefficient (Wildman–Crippen LogP) is 1.56. The molecule has 2 saturated carbocycles. The number of benzene rings is 1. The van der Waals surface area contributed by atoms with E-state index in [2.05, 4.69) is 20.6 Å². The van der Waals surface area contributed by atoms with Crippen molar-refractivity contribution >= 4 is 28.5 Å². The predicted molar refractivity (Wildman–Crippen MR) is 110 cm³/mol. The van der Waals surface area contributed by atoms with Gasteiger partial charge in [0.2, 0.25) is 0 Å². The van der Waals surface area contributed by atoms with Gasteiger partial charge in [-0.05, 0) is 56.0 Å². The summed E-state index contributed by atoms with van der Waals surface area (Å²) in [5.41, 5.74) is 0.473. The van der Waals surface area contributed by atoms with Gasteiger partial charge in [0.05, 0.1) is 10.9 Å². The van der Waals surface area contributed by atoms with E-state index in [1.165, 1.54) is 16.8 Å². The molecule has 3 N–H and O–H groups in total. The summed E-state index contributed by atoms with van der Waals surface area (Å²) in [6, 6.07) is 8.33. The summed E-state index contributed by atoms with van der Waals surface area (Å²) in [7, 11) is 0. The molecule has 2 aliphatic rings. The molecule has 5 rings (SSSR count). The number of anilines is 1. The molecule has 9 nitrogen and oxygen atoms in total. The Hall–Kier alpha value is -3.75. The van der Waals surface area contributed by atoms with Crippen molar-refractivity contribution < 1.29 is 9.59 Å². The van der Waals surface area contributed by atoms with Gasteiger partial charge in [-0.15, -0.1) is 0 Å². The fraction of sp³-hybridized carbons (Fsp3) is 0.286. The second kappa shape index (κ2) is 6.94. The number of fused-ring (bicyclic) bond motifs is 1. The first-order chi connectivity index (χ1) is 14.5. The molecule has 0 bridgehead atoms. The Morgan fingerprint density at radius 1 is 1.00 bits per heavy atom. The summed E-state index contributed by atoms with van der Waals surface area (Å²) in [6.07, 6.45) is 5.10. The minimum absolute atomic E-state index is 0.0413. The number of nitrogens with one attached hydrogen (secondary N) is 3. The van der Waals surface area contributed by atoms with Crippen molar-refractivity contribution in [3.63, 3.8) is 0 Å². The summed E-state index contributed by atoms with van der Waals surface area (Å²) in [6.45, 7) is 0. The van der Waals surface area contributed by atoms with Gasteiger partial charge < -0.3 is 10.6 Å². The standard InChI is InChI=1S/C21H19N5O4/c27-18(23-14-5-6-14)11-1-3-13(4-2-11)24-19(28)12-9-16-17(22-10-12)26(15-7-8-15)21(30)25-20(16)29/h1-4,9-10,14-15H,5-8H2,(H,23,27)(H,24,28)(H,25,29,30). The Morgan fingerprint density at radius 3 is 2.40 bits per heavy atom. The lowest BCUT2D eigenvalue weighted by Crippen LogP contribution is -2.30. The van der Waals surface area contributed by atoms with Crippen LogP contribution in [0.5, 0.6) is 0 Å². The number of aromatic amines is 1. The van der Waals surface area contributed by atoms with E-state index in [9.17, 15) is 19.2 Å². The Morgan fingerprint density at radius 2 is 1.73 bits per heavy atom. The highest BCUT2D eigenvalue weighted by Gasteiger charge is 2.28. The average Bonchev–Trinajstić information content (AvgIpc) is 3.64. The van der Waals surface area contributed by atoms with Crippen LogP contribution in [0, 0.1) is 0 Å². The number of aromatic nitrogens is 3. The molecular formula is C21H19N5O4. The first kappa shape index (κ1) is 18.3. The highest BCUT2D eigenvalue weighted by Crippen LogP contribution is 2.34. The SMILES string of the molecule is O=C(Nc1ccc(C(=O)NC2CC2)cc1)c1cnc2c(c1)c(=O)[nH]c(=O)n2C1CC1. The third kappa shape index (κ3) is 3.49. The van der Waals surface area contributed by atoms with Crippen LogP contribution in [0.3, 0.4) is 0 Å². The fourth-order valence-corrected chi connectivity index (χ4v) is 3.34. The highest BCUT2D eigenvalue weighted by molar-refractivity contribution is 6.05. The van der Waals surface area contributed by atoms with Gasteiger partial charge in [-0.1, -0.05) is 0 Å². The number of carbonyl (C=O) groups excluding carboxylic acids is 2. The molecule has 2 heterocycles. The maximum absolute atomic E-state index is 12.6. The third-order valence-corrected chi connectivity index (χ3v) is 5.27. The second-order valence-corrected chi connectivity index (χ2v) is 7.73.